The topological polar surface area (TPSA) is 55.8 Å². The fourth-order valence-corrected chi connectivity index (χ4v) is 2.17. The number of hydrogen-bond donors (Lipinski definition) is 0. The summed E-state index contributed by atoms with van der Waals surface area (Å²) < 4.78 is 10.6. The van der Waals surface area contributed by atoms with Crippen LogP contribution in [-0.2, 0) is 14.3 Å². The van der Waals surface area contributed by atoms with E-state index >= 15 is 0 Å². The number of imide groups is 1. The molecule has 1 fully saturated rings. The SMILES string of the molecule is CCOC(CN1C(=O)CCSC1=O)OCC. The van der Waals surface area contributed by atoms with Crippen molar-refractivity contribution in [3.8, 4) is 0 Å². The zero-order valence-corrected chi connectivity index (χ0v) is 10.4. The fraction of sp³-hybridized carbons (Fsp3) is 0.800. The Labute approximate surface area is 99.5 Å². The van der Waals surface area contributed by atoms with Crippen molar-refractivity contribution >= 4 is 22.9 Å². The number of amides is 2. The van der Waals surface area contributed by atoms with Gasteiger partial charge in [-0.1, -0.05) is 11.8 Å². The van der Waals surface area contributed by atoms with Crippen LogP contribution in [-0.4, -0.2) is 47.8 Å². The summed E-state index contributed by atoms with van der Waals surface area (Å²) in [6.45, 7) is 4.87. The van der Waals surface area contributed by atoms with Gasteiger partial charge in [0.25, 0.3) is 5.24 Å². The minimum absolute atomic E-state index is 0.145. The van der Waals surface area contributed by atoms with Gasteiger partial charge in [0.05, 0.1) is 6.54 Å². The molecule has 0 aliphatic carbocycles. The zero-order valence-electron chi connectivity index (χ0n) is 9.60. The van der Waals surface area contributed by atoms with Gasteiger partial charge in [0, 0.05) is 25.4 Å². The fourth-order valence-electron chi connectivity index (χ4n) is 1.39. The predicted octanol–water partition coefficient (Wildman–Crippen LogP) is 1.47. The summed E-state index contributed by atoms with van der Waals surface area (Å²) in [5.74, 6) is 0.426. The molecular formula is C10H17NO4S. The molecule has 6 heteroatoms. The van der Waals surface area contributed by atoms with Crippen molar-refractivity contribution in [1.82, 2.24) is 4.90 Å². The summed E-state index contributed by atoms with van der Waals surface area (Å²) >= 11 is 1.16. The number of ether oxygens (including phenoxy) is 2. The Balaban J connectivity index is 2.53. The Morgan fingerprint density at radius 3 is 2.44 bits per heavy atom. The molecule has 16 heavy (non-hydrogen) atoms. The van der Waals surface area contributed by atoms with Crippen molar-refractivity contribution in [3.63, 3.8) is 0 Å². The molecule has 0 aromatic heterocycles. The van der Waals surface area contributed by atoms with Gasteiger partial charge in [0.1, 0.15) is 0 Å². The summed E-state index contributed by atoms with van der Waals surface area (Å²) in [5, 5.41) is -0.208. The molecule has 92 valence electrons. The van der Waals surface area contributed by atoms with Crippen LogP contribution in [0.2, 0.25) is 0 Å². The largest absolute Gasteiger partial charge is 0.351 e. The van der Waals surface area contributed by atoms with Crippen molar-refractivity contribution in [1.29, 1.82) is 0 Å². The molecule has 0 saturated carbocycles. The maximum atomic E-state index is 11.5. The first-order chi connectivity index (χ1) is 7.69. The first-order valence-corrected chi connectivity index (χ1v) is 6.37. The smallest absolute Gasteiger partial charge is 0.288 e. The number of hydrogen-bond acceptors (Lipinski definition) is 5. The lowest BCUT2D eigenvalue weighted by atomic mass is 10.4. The number of nitrogens with zero attached hydrogens (tertiary/aromatic N) is 1. The van der Waals surface area contributed by atoms with Gasteiger partial charge in [0.15, 0.2) is 6.29 Å². The van der Waals surface area contributed by atoms with Gasteiger partial charge in [-0.05, 0) is 13.8 Å². The lowest BCUT2D eigenvalue weighted by Gasteiger charge is -2.27. The average Bonchev–Trinajstić information content (AvgIpc) is 2.24. The molecule has 1 saturated heterocycles. The van der Waals surface area contributed by atoms with Crippen molar-refractivity contribution in [3.05, 3.63) is 0 Å². The molecule has 1 heterocycles. The summed E-state index contributed by atoms with van der Waals surface area (Å²) in [5.41, 5.74) is 0. The molecule has 5 nitrogen and oxygen atoms in total. The van der Waals surface area contributed by atoms with E-state index in [2.05, 4.69) is 0 Å². The Morgan fingerprint density at radius 1 is 1.31 bits per heavy atom. The monoisotopic (exact) mass is 247 g/mol. The summed E-state index contributed by atoms with van der Waals surface area (Å²) in [7, 11) is 0. The van der Waals surface area contributed by atoms with Crippen LogP contribution in [0.4, 0.5) is 4.79 Å². The second kappa shape index (κ2) is 6.88. The van der Waals surface area contributed by atoms with Gasteiger partial charge in [-0.15, -0.1) is 0 Å². The molecule has 0 spiro atoms. The van der Waals surface area contributed by atoms with Crippen LogP contribution in [0.15, 0.2) is 0 Å². The molecule has 1 rings (SSSR count). The van der Waals surface area contributed by atoms with Crippen molar-refractivity contribution < 1.29 is 19.1 Å². The molecule has 0 aromatic rings. The third-order valence-corrected chi connectivity index (χ3v) is 2.98. The van der Waals surface area contributed by atoms with E-state index in [1.807, 2.05) is 13.8 Å². The zero-order chi connectivity index (χ0) is 12.0. The molecule has 0 radical (unpaired) electrons. The molecule has 1 aliphatic heterocycles. The third-order valence-electron chi connectivity index (χ3n) is 2.10. The highest BCUT2D eigenvalue weighted by Crippen LogP contribution is 2.19. The van der Waals surface area contributed by atoms with Crippen molar-refractivity contribution in [2.75, 3.05) is 25.5 Å². The van der Waals surface area contributed by atoms with E-state index in [9.17, 15) is 9.59 Å². The van der Waals surface area contributed by atoms with Crippen LogP contribution in [0.5, 0.6) is 0 Å². The first-order valence-electron chi connectivity index (χ1n) is 5.39. The maximum absolute atomic E-state index is 11.5. The minimum Gasteiger partial charge on any atom is -0.351 e. The molecule has 2 amide bonds. The molecule has 0 aromatic carbocycles. The number of thioether (sulfide) groups is 1. The second-order valence-electron chi connectivity index (χ2n) is 3.21. The van der Waals surface area contributed by atoms with Gasteiger partial charge in [0.2, 0.25) is 5.91 Å². The maximum Gasteiger partial charge on any atom is 0.288 e. The Hall–Kier alpha value is -0.590. The highest BCUT2D eigenvalue weighted by molar-refractivity contribution is 8.13. The van der Waals surface area contributed by atoms with Gasteiger partial charge in [-0.3, -0.25) is 14.5 Å². The van der Waals surface area contributed by atoms with Crippen LogP contribution in [0.3, 0.4) is 0 Å². The normalized spacial score (nSPS) is 17.3. The van der Waals surface area contributed by atoms with Crippen LogP contribution in [0.1, 0.15) is 20.3 Å². The number of carbonyl (C=O) groups is 2. The highest BCUT2D eigenvalue weighted by Gasteiger charge is 2.29. The van der Waals surface area contributed by atoms with Gasteiger partial charge < -0.3 is 9.47 Å². The Kier molecular flexibility index (Phi) is 5.79. The van der Waals surface area contributed by atoms with Crippen LogP contribution < -0.4 is 0 Å². The summed E-state index contributed by atoms with van der Waals surface area (Å²) in [6, 6.07) is 0. The first kappa shape index (κ1) is 13.5. The molecule has 0 bridgehead atoms. The quantitative estimate of drug-likeness (QED) is 0.665. The number of rotatable bonds is 6. The molecule has 0 atom stereocenters. The predicted molar refractivity (Wildman–Crippen MR) is 61.2 cm³/mol. The summed E-state index contributed by atoms with van der Waals surface area (Å²) in [4.78, 5) is 24.2. The van der Waals surface area contributed by atoms with Gasteiger partial charge in [-0.2, -0.15) is 0 Å². The summed E-state index contributed by atoms with van der Waals surface area (Å²) in [6.07, 6.45) is -0.108. The lowest BCUT2D eigenvalue weighted by Crippen LogP contribution is -2.44. The van der Waals surface area contributed by atoms with E-state index < -0.39 is 6.29 Å². The van der Waals surface area contributed by atoms with E-state index in [0.29, 0.717) is 25.4 Å². The molecule has 0 unspecified atom stereocenters. The number of carbonyl (C=O) groups excluding carboxylic acids is 2. The second-order valence-corrected chi connectivity index (χ2v) is 4.26. The van der Waals surface area contributed by atoms with Crippen molar-refractivity contribution in [2.24, 2.45) is 0 Å². The Bertz CT molecular complexity index is 237. The lowest BCUT2D eigenvalue weighted by molar-refractivity contribution is -0.153. The molecule has 0 N–H and O–H groups in total. The van der Waals surface area contributed by atoms with Gasteiger partial charge in [-0.25, -0.2) is 0 Å². The van der Waals surface area contributed by atoms with E-state index in [1.54, 1.807) is 0 Å². The van der Waals surface area contributed by atoms with Crippen molar-refractivity contribution in [2.45, 2.75) is 26.6 Å². The van der Waals surface area contributed by atoms with Crippen LogP contribution in [0, 0.1) is 0 Å². The van der Waals surface area contributed by atoms with Crippen LogP contribution >= 0.6 is 11.8 Å². The molecular weight excluding hydrogens is 230 g/mol. The van der Waals surface area contributed by atoms with Gasteiger partial charge >= 0.3 is 0 Å². The highest BCUT2D eigenvalue weighted by atomic mass is 32.2. The van der Waals surface area contributed by atoms with E-state index in [4.69, 9.17) is 9.47 Å². The standard InChI is InChI=1S/C10H17NO4S/c1-3-14-9(15-4-2)7-11-8(12)5-6-16-10(11)13/h9H,3-7H2,1-2H3. The average molecular weight is 247 g/mol. The minimum atomic E-state index is -0.512. The Morgan fingerprint density at radius 2 is 1.94 bits per heavy atom. The third kappa shape index (κ3) is 3.77. The van der Waals surface area contributed by atoms with E-state index in [0.717, 1.165) is 11.8 Å². The molecule has 1 aliphatic rings. The van der Waals surface area contributed by atoms with Crippen LogP contribution in [0.25, 0.3) is 0 Å². The van der Waals surface area contributed by atoms with E-state index in [-0.39, 0.29) is 17.7 Å². The van der Waals surface area contributed by atoms with E-state index in [1.165, 1.54) is 4.90 Å².